The zero-order valence-corrected chi connectivity index (χ0v) is 10.1. The van der Waals surface area contributed by atoms with Gasteiger partial charge in [-0.3, -0.25) is 4.79 Å². The third-order valence-corrected chi connectivity index (χ3v) is 3.05. The molecule has 4 nitrogen and oxygen atoms in total. The van der Waals surface area contributed by atoms with E-state index in [0.717, 1.165) is 13.1 Å². The number of nitrogens with one attached hydrogen (secondary N) is 1. The Labute approximate surface area is 105 Å². The molecule has 0 unspecified atom stereocenters. The first-order valence-corrected chi connectivity index (χ1v) is 6.06. The molecular weight excluding hydrogens is 235 g/mol. The molecule has 0 spiro atoms. The normalized spacial score (nSPS) is 16.3. The monoisotopic (exact) mass is 252 g/mol. The second kappa shape index (κ2) is 5.93. The Morgan fingerprint density at radius 2 is 2.28 bits per heavy atom. The Hall–Kier alpha value is -1.46. The van der Waals surface area contributed by atoms with Crippen LogP contribution in [0.2, 0.25) is 0 Å². The molecule has 0 saturated carbocycles. The summed E-state index contributed by atoms with van der Waals surface area (Å²) >= 11 is 0. The first kappa shape index (κ1) is 13.0. The van der Waals surface area contributed by atoms with Crippen LogP contribution in [0.5, 0.6) is 0 Å². The average Bonchev–Trinajstić information content (AvgIpc) is 2.27. The Bertz CT molecular complexity index is 419. The SMILES string of the molecule is O=C(CCN1CC(CO)C1)Nc1cccc(F)c1. The van der Waals surface area contributed by atoms with Gasteiger partial charge in [0, 0.05) is 44.3 Å². The van der Waals surface area contributed by atoms with Crippen LogP contribution in [0.3, 0.4) is 0 Å². The summed E-state index contributed by atoms with van der Waals surface area (Å²) in [6, 6.07) is 5.85. The lowest BCUT2D eigenvalue weighted by Crippen LogP contribution is -2.49. The van der Waals surface area contributed by atoms with Crippen molar-refractivity contribution in [2.24, 2.45) is 5.92 Å². The van der Waals surface area contributed by atoms with E-state index in [0.29, 0.717) is 24.6 Å². The van der Waals surface area contributed by atoms with Crippen molar-refractivity contribution < 1.29 is 14.3 Å². The fraction of sp³-hybridized carbons (Fsp3) is 0.462. The van der Waals surface area contributed by atoms with E-state index in [2.05, 4.69) is 10.2 Å². The molecule has 0 aromatic heterocycles. The number of amides is 1. The molecule has 0 aliphatic carbocycles. The maximum Gasteiger partial charge on any atom is 0.225 e. The predicted octanol–water partition coefficient (Wildman–Crippen LogP) is 1.08. The largest absolute Gasteiger partial charge is 0.396 e. The number of halogens is 1. The van der Waals surface area contributed by atoms with Crippen molar-refractivity contribution in [3.63, 3.8) is 0 Å². The van der Waals surface area contributed by atoms with Crippen molar-refractivity contribution in [2.45, 2.75) is 6.42 Å². The lowest BCUT2D eigenvalue weighted by Gasteiger charge is -2.38. The van der Waals surface area contributed by atoms with Gasteiger partial charge in [0.2, 0.25) is 5.91 Å². The summed E-state index contributed by atoms with van der Waals surface area (Å²) in [5.74, 6) is -0.120. The molecule has 1 aliphatic rings. The number of carbonyl (C=O) groups is 1. The van der Waals surface area contributed by atoms with Crippen LogP contribution in [-0.2, 0) is 4.79 Å². The fourth-order valence-electron chi connectivity index (χ4n) is 2.02. The van der Waals surface area contributed by atoms with Crippen molar-refractivity contribution in [2.75, 3.05) is 31.6 Å². The quantitative estimate of drug-likeness (QED) is 0.824. The maximum absolute atomic E-state index is 12.9. The van der Waals surface area contributed by atoms with Gasteiger partial charge in [-0.25, -0.2) is 4.39 Å². The maximum atomic E-state index is 12.9. The summed E-state index contributed by atoms with van der Waals surface area (Å²) in [6.45, 7) is 2.59. The number of rotatable bonds is 5. The summed E-state index contributed by atoms with van der Waals surface area (Å²) in [5, 5.41) is 11.5. The van der Waals surface area contributed by atoms with E-state index in [1.807, 2.05) is 0 Å². The molecule has 1 fully saturated rings. The summed E-state index contributed by atoms with van der Waals surface area (Å²) in [7, 11) is 0. The highest BCUT2D eigenvalue weighted by Gasteiger charge is 2.25. The van der Waals surface area contributed by atoms with Gasteiger partial charge in [-0.15, -0.1) is 0 Å². The van der Waals surface area contributed by atoms with Gasteiger partial charge in [0.25, 0.3) is 0 Å². The lowest BCUT2D eigenvalue weighted by molar-refractivity contribution is -0.116. The number of likely N-dealkylation sites (tertiary alicyclic amines) is 1. The van der Waals surface area contributed by atoms with Crippen molar-refractivity contribution >= 4 is 11.6 Å². The molecule has 2 rings (SSSR count). The van der Waals surface area contributed by atoms with Gasteiger partial charge in [-0.1, -0.05) is 6.07 Å². The molecule has 18 heavy (non-hydrogen) atoms. The Kier molecular flexibility index (Phi) is 4.28. The number of anilines is 1. The van der Waals surface area contributed by atoms with Crippen LogP contribution in [0.25, 0.3) is 0 Å². The summed E-state index contributed by atoms with van der Waals surface area (Å²) in [4.78, 5) is 13.7. The van der Waals surface area contributed by atoms with Gasteiger partial charge in [0.15, 0.2) is 0 Å². The minimum Gasteiger partial charge on any atom is -0.396 e. The van der Waals surface area contributed by atoms with E-state index < -0.39 is 0 Å². The van der Waals surface area contributed by atoms with Gasteiger partial charge >= 0.3 is 0 Å². The zero-order chi connectivity index (χ0) is 13.0. The lowest BCUT2D eigenvalue weighted by atomic mass is 10.0. The van der Waals surface area contributed by atoms with Crippen LogP contribution in [-0.4, -0.2) is 42.2 Å². The van der Waals surface area contributed by atoms with E-state index in [1.165, 1.54) is 12.1 Å². The summed E-state index contributed by atoms with van der Waals surface area (Å²) in [5.41, 5.74) is 0.483. The molecule has 1 aliphatic heterocycles. The highest BCUT2D eigenvalue weighted by atomic mass is 19.1. The third kappa shape index (κ3) is 3.51. The van der Waals surface area contributed by atoms with E-state index >= 15 is 0 Å². The van der Waals surface area contributed by atoms with Gasteiger partial charge in [0.1, 0.15) is 5.82 Å². The number of benzene rings is 1. The van der Waals surface area contributed by atoms with Crippen molar-refractivity contribution in [3.8, 4) is 0 Å². The number of nitrogens with zero attached hydrogens (tertiary/aromatic N) is 1. The molecule has 1 aromatic carbocycles. The second-order valence-corrected chi connectivity index (χ2v) is 4.62. The van der Waals surface area contributed by atoms with Crippen molar-refractivity contribution in [1.29, 1.82) is 0 Å². The molecule has 1 saturated heterocycles. The Morgan fingerprint density at radius 1 is 1.50 bits per heavy atom. The molecule has 98 valence electrons. The van der Waals surface area contributed by atoms with Crippen LogP contribution >= 0.6 is 0 Å². The Morgan fingerprint density at radius 3 is 2.94 bits per heavy atom. The molecule has 0 atom stereocenters. The molecular formula is C13H17FN2O2. The number of carbonyl (C=O) groups excluding carboxylic acids is 1. The van der Waals surface area contributed by atoms with Crippen LogP contribution in [0.15, 0.2) is 24.3 Å². The fourth-order valence-corrected chi connectivity index (χ4v) is 2.02. The van der Waals surface area contributed by atoms with E-state index in [-0.39, 0.29) is 18.3 Å². The first-order chi connectivity index (χ1) is 8.67. The molecule has 1 heterocycles. The van der Waals surface area contributed by atoms with E-state index in [4.69, 9.17) is 5.11 Å². The van der Waals surface area contributed by atoms with Gasteiger partial charge in [0.05, 0.1) is 0 Å². The van der Waals surface area contributed by atoms with Crippen LogP contribution in [0.4, 0.5) is 10.1 Å². The van der Waals surface area contributed by atoms with Crippen LogP contribution in [0.1, 0.15) is 6.42 Å². The van der Waals surface area contributed by atoms with Gasteiger partial charge in [-0.05, 0) is 18.2 Å². The van der Waals surface area contributed by atoms with Crippen molar-refractivity contribution in [3.05, 3.63) is 30.1 Å². The minimum absolute atomic E-state index is 0.118. The topological polar surface area (TPSA) is 52.6 Å². The average molecular weight is 252 g/mol. The highest BCUT2D eigenvalue weighted by Crippen LogP contribution is 2.15. The van der Waals surface area contributed by atoms with Gasteiger partial charge in [-0.2, -0.15) is 0 Å². The van der Waals surface area contributed by atoms with Gasteiger partial charge < -0.3 is 15.3 Å². The minimum atomic E-state index is -0.360. The standard InChI is InChI=1S/C13H17FN2O2/c14-11-2-1-3-12(6-11)15-13(18)4-5-16-7-10(8-16)9-17/h1-3,6,10,17H,4-5,7-9H2,(H,15,18). The highest BCUT2D eigenvalue weighted by molar-refractivity contribution is 5.90. The molecule has 0 bridgehead atoms. The van der Waals surface area contributed by atoms with E-state index in [9.17, 15) is 9.18 Å². The number of aliphatic hydroxyl groups excluding tert-OH is 1. The number of hydrogen-bond acceptors (Lipinski definition) is 3. The second-order valence-electron chi connectivity index (χ2n) is 4.62. The van der Waals surface area contributed by atoms with Crippen molar-refractivity contribution in [1.82, 2.24) is 4.90 Å². The third-order valence-electron chi connectivity index (χ3n) is 3.05. The molecule has 1 aromatic rings. The molecule has 2 N–H and O–H groups in total. The zero-order valence-electron chi connectivity index (χ0n) is 10.1. The molecule has 5 heteroatoms. The van der Waals surface area contributed by atoms with Crippen LogP contribution < -0.4 is 5.32 Å². The number of aliphatic hydroxyl groups is 1. The first-order valence-electron chi connectivity index (χ1n) is 6.06. The summed E-state index contributed by atoms with van der Waals surface area (Å²) < 4.78 is 12.9. The van der Waals surface area contributed by atoms with E-state index in [1.54, 1.807) is 12.1 Å². The van der Waals surface area contributed by atoms with Crippen LogP contribution in [0, 0.1) is 11.7 Å². The molecule has 0 radical (unpaired) electrons. The Balaban J connectivity index is 1.70. The predicted molar refractivity (Wildman–Crippen MR) is 66.7 cm³/mol. The summed E-state index contributed by atoms with van der Waals surface area (Å²) in [6.07, 6.45) is 0.384. The smallest absolute Gasteiger partial charge is 0.225 e. The number of hydrogen-bond donors (Lipinski definition) is 2. The molecule has 1 amide bonds.